The number of rotatable bonds is 6. The second-order valence-electron chi connectivity index (χ2n) is 7.49. The fourth-order valence-corrected chi connectivity index (χ4v) is 5.27. The Kier molecular flexibility index (Phi) is 6.49. The molecule has 7 nitrogen and oxygen atoms in total. The molecule has 0 bridgehead atoms. The van der Waals surface area contributed by atoms with Gasteiger partial charge in [-0.1, -0.05) is 17.7 Å². The van der Waals surface area contributed by atoms with Crippen molar-refractivity contribution in [2.45, 2.75) is 12.0 Å². The summed E-state index contributed by atoms with van der Waals surface area (Å²) in [7, 11) is 6.26. The fraction of sp³-hybridized carbons (Fsp3) is 0.250. The molecule has 1 aromatic heterocycles. The van der Waals surface area contributed by atoms with E-state index in [1.165, 1.54) is 32.7 Å². The van der Waals surface area contributed by atoms with Crippen molar-refractivity contribution >= 4 is 40.4 Å². The van der Waals surface area contributed by atoms with Crippen molar-refractivity contribution in [1.82, 2.24) is 4.90 Å². The molecular formula is C24H23ClN2O5S. The normalized spacial score (nSPS) is 17.4. The van der Waals surface area contributed by atoms with E-state index in [1.807, 2.05) is 17.5 Å². The Bertz CT molecular complexity index is 1200. The summed E-state index contributed by atoms with van der Waals surface area (Å²) in [5.41, 5.74) is 1.50. The van der Waals surface area contributed by atoms with Gasteiger partial charge in [0.1, 0.15) is 5.75 Å². The summed E-state index contributed by atoms with van der Waals surface area (Å²) in [6.45, 7) is 0. The molecular weight excluding hydrogens is 464 g/mol. The molecule has 2 atom stereocenters. The lowest BCUT2D eigenvalue weighted by molar-refractivity contribution is -0.119. The second-order valence-corrected chi connectivity index (χ2v) is 8.87. The maximum Gasteiger partial charge on any atom is 0.254 e. The predicted octanol–water partition coefficient (Wildman–Crippen LogP) is 4.98. The van der Waals surface area contributed by atoms with Crippen LogP contribution in [0.25, 0.3) is 0 Å². The molecule has 0 unspecified atom stereocenters. The molecule has 0 aliphatic carbocycles. The van der Waals surface area contributed by atoms with Gasteiger partial charge in [0.05, 0.1) is 38.3 Å². The van der Waals surface area contributed by atoms with Crippen LogP contribution in [0.4, 0.5) is 5.69 Å². The highest BCUT2D eigenvalue weighted by Gasteiger charge is 2.44. The third-order valence-corrected chi connectivity index (χ3v) is 6.95. The van der Waals surface area contributed by atoms with Gasteiger partial charge in [0.25, 0.3) is 5.91 Å². The smallest absolute Gasteiger partial charge is 0.254 e. The van der Waals surface area contributed by atoms with Gasteiger partial charge in [-0.15, -0.1) is 11.3 Å². The zero-order valence-corrected chi connectivity index (χ0v) is 20.1. The summed E-state index contributed by atoms with van der Waals surface area (Å²) in [4.78, 5) is 29.5. The maximum absolute atomic E-state index is 13.7. The van der Waals surface area contributed by atoms with Crippen LogP contribution < -0.4 is 19.5 Å². The molecule has 2 amide bonds. The molecule has 4 rings (SSSR count). The van der Waals surface area contributed by atoms with Gasteiger partial charge in [0, 0.05) is 23.2 Å². The summed E-state index contributed by atoms with van der Waals surface area (Å²) in [6, 6.07) is 11.7. The van der Waals surface area contributed by atoms with Gasteiger partial charge < -0.3 is 24.4 Å². The van der Waals surface area contributed by atoms with Crippen molar-refractivity contribution in [3.63, 3.8) is 0 Å². The Balaban J connectivity index is 1.83. The Hall–Kier alpha value is -3.23. The number of nitrogens with one attached hydrogen (secondary N) is 1. The van der Waals surface area contributed by atoms with Crippen molar-refractivity contribution in [1.29, 1.82) is 0 Å². The lowest BCUT2D eigenvalue weighted by atomic mass is 9.81. The highest BCUT2D eigenvalue weighted by molar-refractivity contribution is 7.10. The summed E-state index contributed by atoms with van der Waals surface area (Å²) >= 11 is 7.74. The van der Waals surface area contributed by atoms with E-state index in [1.54, 1.807) is 42.3 Å². The Morgan fingerprint density at radius 1 is 1.03 bits per heavy atom. The number of ether oxygens (including phenoxy) is 3. The maximum atomic E-state index is 13.7. The summed E-state index contributed by atoms with van der Waals surface area (Å²) < 4.78 is 16.1. The average molecular weight is 487 g/mol. The number of benzene rings is 2. The van der Waals surface area contributed by atoms with Crippen LogP contribution in [0.2, 0.25) is 5.02 Å². The number of hydrogen-bond donors (Lipinski definition) is 1. The first-order valence-electron chi connectivity index (χ1n) is 10.1. The molecule has 0 saturated heterocycles. The van der Waals surface area contributed by atoms with Crippen LogP contribution in [-0.2, 0) is 4.79 Å². The topological polar surface area (TPSA) is 77.1 Å². The Labute approximate surface area is 200 Å². The van der Waals surface area contributed by atoms with E-state index in [2.05, 4.69) is 5.32 Å². The molecule has 0 radical (unpaired) electrons. The molecule has 2 aromatic carbocycles. The first-order chi connectivity index (χ1) is 15.9. The minimum atomic E-state index is -0.693. The van der Waals surface area contributed by atoms with Crippen molar-refractivity contribution in [2.24, 2.45) is 0 Å². The Morgan fingerprint density at radius 3 is 2.33 bits per heavy atom. The van der Waals surface area contributed by atoms with E-state index < -0.39 is 12.0 Å². The number of amides is 2. The highest BCUT2D eigenvalue weighted by Crippen LogP contribution is 2.47. The van der Waals surface area contributed by atoms with Gasteiger partial charge in [-0.3, -0.25) is 9.59 Å². The van der Waals surface area contributed by atoms with Crippen LogP contribution in [0.5, 0.6) is 17.2 Å². The second kappa shape index (κ2) is 9.33. The van der Waals surface area contributed by atoms with E-state index in [4.69, 9.17) is 25.8 Å². The summed E-state index contributed by atoms with van der Waals surface area (Å²) in [6.07, 6.45) is 0. The number of anilines is 1. The number of hydrogen-bond acceptors (Lipinski definition) is 6. The molecule has 1 aliphatic rings. The number of carbonyl (C=O) groups excluding carboxylic acids is 2. The van der Waals surface area contributed by atoms with E-state index in [0.29, 0.717) is 39.1 Å². The molecule has 0 saturated carbocycles. The number of methoxy groups -OCH3 is 3. The van der Waals surface area contributed by atoms with E-state index in [9.17, 15) is 9.59 Å². The van der Waals surface area contributed by atoms with Gasteiger partial charge >= 0.3 is 0 Å². The Morgan fingerprint density at radius 2 is 1.73 bits per heavy atom. The minimum Gasteiger partial charge on any atom is -0.495 e. The molecule has 0 fully saturated rings. The van der Waals surface area contributed by atoms with Crippen LogP contribution in [0.3, 0.4) is 0 Å². The third-order valence-electron chi connectivity index (χ3n) is 5.71. The standard InChI is InChI=1S/C24H23ClN2O5S/c1-27-22(20-6-5-9-33-20)21(23(28)26-13-7-8-17(30-2)16(25)10-13)14-11-18(31-3)19(32-4)12-15(14)24(27)29/h5-12,21-22H,1-4H3,(H,26,28)/t21-,22-/m1/s1. The van der Waals surface area contributed by atoms with Crippen molar-refractivity contribution in [3.05, 3.63) is 68.9 Å². The summed E-state index contributed by atoms with van der Waals surface area (Å²) in [5, 5.41) is 5.26. The molecule has 1 N–H and O–H groups in total. The lowest BCUT2D eigenvalue weighted by Gasteiger charge is -2.39. The van der Waals surface area contributed by atoms with E-state index in [-0.39, 0.29) is 11.8 Å². The number of fused-ring (bicyclic) bond motifs is 1. The van der Waals surface area contributed by atoms with Gasteiger partial charge in [-0.2, -0.15) is 0 Å². The SMILES string of the molecule is COc1ccc(NC(=O)[C@@H]2c3cc(OC)c(OC)cc3C(=O)N(C)[C@@H]2c2cccs2)cc1Cl. The van der Waals surface area contributed by atoms with Gasteiger partial charge in [-0.25, -0.2) is 0 Å². The molecule has 2 heterocycles. The van der Waals surface area contributed by atoms with Crippen molar-refractivity contribution in [2.75, 3.05) is 33.7 Å². The number of thiophene rings is 1. The predicted molar refractivity (Wildman–Crippen MR) is 128 cm³/mol. The van der Waals surface area contributed by atoms with Gasteiger partial charge in [-0.05, 0) is 47.3 Å². The van der Waals surface area contributed by atoms with Crippen LogP contribution in [-0.4, -0.2) is 45.1 Å². The summed E-state index contributed by atoms with van der Waals surface area (Å²) in [5.74, 6) is 0.221. The molecule has 3 aromatic rings. The van der Waals surface area contributed by atoms with Gasteiger partial charge in [0.2, 0.25) is 5.91 Å². The molecule has 9 heteroatoms. The molecule has 0 spiro atoms. The average Bonchev–Trinajstić information content (AvgIpc) is 3.34. The highest BCUT2D eigenvalue weighted by atomic mass is 35.5. The first-order valence-corrected chi connectivity index (χ1v) is 11.4. The number of halogens is 1. The lowest BCUT2D eigenvalue weighted by Crippen LogP contribution is -2.43. The zero-order valence-electron chi connectivity index (χ0n) is 18.5. The van der Waals surface area contributed by atoms with E-state index in [0.717, 1.165) is 4.88 Å². The third kappa shape index (κ3) is 4.12. The first kappa shape index (κ1) is 22.9. The van der Waals surface area contributed by atoms with Crippen LogP contribution in [0, 0.1) is 0 Å². The number of carbonyl (C=O) groups is 2. The quantitative estimate of drug-likeness (QED) is 0.532. The van der Waals surface area contributed by atoms with Crippen LogP contribution in [0.15, 0.2) is 47.8 Å². The van der Waals surface area contributed by atoms with Crippen molar-refractivity contribution < 1.29 is 23.8 Å². The minimum absolute atomic E-state index is 0.194. The monoisotopic (exact) mass is 486 g/mol. The zero-order chi connectivity index (χ0) is 23.7. The van der Waals surface area contributed by atoms with Crippen LogP contribution >= 0.6 is 22.9 Å². The number of likely N-dealkylation sites (N-methyl/N-ethyl adjacent to an activating group) is 1. The van der Waals surface area contributed by atoms with Gasteiger partial charge in [0.15, 0.2) is 11.5 Å². The molecule has 33 heavy (non-hydrogen) atoms. The van der Waals surface area contributed by atoms with Crippen LogP contribution in [0.1, 0.15) is 32.8 Å². The fourth-order valence-electron chi connectivity index (χ4n) is 4.11. The largest absolute Gasteiger partial charge is 0.495 e. The van der Waals surface area contributed by atoms with Crippen molar-refractivity contribution in [3.8, 4) is 17.2 Å². The molecule has 172 valence electrons. The number of nitrogens with zero attached hydrogens (tertiary/aromatic N) is 1. The molecule has 1 aliphatic heterocycles. The van der Waals surface area contributed by atoms with E-state index >= 15 is 0 Å².